The van der Waals surface area contributed by atoms with Crippen molar-refractivity contribution in [1.29, 1.82) is 0 Å². The number of benzene rings is 4. The van der Waals surface area contributed by atoms with Gasteiger partial charge in [-0.3, -0.25) is 4.79 Å². The van der Waals surface area contributed by atoms with Crippen molar-refractivity contribution < 1.29 is 0 Å². The minimum Gasteiger partial charge on any atom is -0.289 e. The van der Waals surface area contributed by atoms with Crippen LogP contribution < -0.4 is 5.43 Å². The van der Waals surface area contributed by atoms with Crippen molar-refractivity contribution in [2.45, 2.75) is 0 Å². The summed E-state index contributed by atoms with van der Waals surface area (Å²) in [6.45, 7) is 0. The van der Waals surface area contributed by atoms with Crippen LogP contribution in [0.1, 0.15) is 0 Å². The number of hydrogen-bond donors (Lipinski definition) is 0. The van der Waals surface area contributed by atoms with Gasteiger partial charge in [-0.25, -0.2) is 0 Å². The molecule has 0 spiro atoms. The third-order valence-electron chi connectivity index (χ3n) is 4.36. The summed E-state index contributed by atoms with van der Waals surface area (Å²) in [5, 5.41) is 1.64. The van der Waals surface area contributed by atoms with Gasteiger partial charge in [-0.2, -0.15) is 0 Å². The molecule has 1 aromatic heterocycles. The molecule has 0 unspecified atom stereocenters. The molecule has 0 aliphatic heterocycles. The molecule has 1 nitrogen and oxygen atoms in total. The molecule has 1 heterocycles. The van der Waals surface area contributed by atoms with Crippen molar-refractivity contribution >= 4 is 31.5 Å². The average Bonchev–Trinajstić information content (AvgIpc) is 2.76. The van der Waals surface area contributed by atoms with Crippen LogP contribution in [0, 0.1) is 0 Å². The van der Waals surface area contributed by atoms with Gasteiger partial charge in [0.2, 0.25) is 0 Å². The van der Waals surface area contributed by atoms with Crippen molar-refractivity contribution in [1.82, 2.24) is 0 Å². The lowest BCUT2D eigenvalue weighted by Gasteiger charge is -1.99. The van der Waals surface area contributed by atoms with Crippen LogP contribution in [0.25, 0.3) is 31.3 Å². The Morgan fingerprint density at radius 2 is 0.815 bits per heavy atom. The third kappa shape index (κ3) is 3.81. The van der Waals surface area contributed by atoms with Crippen LogP contribution in [0.5, 0.6) is 0 Å². The second-order valence-electron chi connectivity index (χ2n) is 6.16. The Hall–Kier alpha value is -3.23. The second-order valence-corrected chi connectivity index (χ2v) is 7.24. The van der Waals surface area contributed by atoms with Crippen LogP contribution in [0.15, 0.2) is 114 Å². The van der Waals surface area contributed by atoms with E-state index in [1.165, 1.54) is 11.1 Å². The van der Waals surface area contributed by atoms with Crippen LogP contribution >= 0.6 is 11.3 Å². The smallest absolute Gasteiger partial charge is 0.195 e. The lowest BCUT2D eigenvalue weighted by molar-refractivity contribution is 1.62. The Kier molecular flexibility index (Phi) is 5.08. The standard InChI is InChI=1S/C13H8OS.C12H10/c14-13-9-5-1-3-7-11(9)15-12-8-4-2-6-10(12)13;1-3-7-11(8-4-1)12-9-5-2-6-10-12/h1-8H;1-10H. The van der Waals surface area contributed by atoms with Crippen molar-refractivity contribution in [2.24, 2.45) is 0 Å². The van der Waals surface area contributed by atoms with E-state index in [0.29, 0.717) is 0 Å². The SMILES string of the molecule is O=c1c2ccccc2sc2ccccc12.c1ccc(-c2ccccc2)cc1. The first kappa shape index (κ1) is 17.2. The van der Waals surface area contributed by atoms with E-state index < -0.39 is 0 Å². The minimum absolute atomic E-state index is 0.139. The number of fused-ring (bicyclic) bond motifs is 2. The van der Waals surface area contributed by atoms with Gasteiger partial charge in [0.25, 0.3) is 0 Å². The summed E-state index contributed by atoms with van der Waals surface area (Å²) in [4.78, 5) is 12.1. The zero-order chi connectivity index (χ0) is 18.5. The fourth-order valence-electron chi connectivity index (χ4n) is 3.01. The maximum absolute atomic E-state index is 12.1. The van der Waals surface area contributed by atoms with Crippen LogP contribution in [0.2, 0.25) is 0 Å². The molecule has 0 aliphatic carbocycles. The number of rotatable bonds is 1. The molecule has 0 saturated carbocycles. The van der Waals surface area contributed by atoms with E-state index in [-0.39, 0.29) is 5.43 Å². The lowest BCUT2D eigenvalue weighted by atomic mass is 10.1. The second kappa shape index (κ2) is 7.98. The number of hydrogen-bond acceptors (Lipinski definition) is 2. The summed E-state index contributed by atoms with van der Waals surface area (Å²) in [6, 6.07) is 36.3. The normalized spacial score (nSPS) is 10.4. The van der Waals surface area contributed by atoms with Gasteiger partial charge in [0.15, 0.2) is 5.43 Å². The molecule has 0 bridgehead atoms. The van der Waals surface area contributed by atoms with Gasteiger partial charge in [0.05, 0.1) is 0 Å². The van der Waals surface area contributed by atoms with Crippen LogP contribution in [0.3, 0.4) is 0 Å². The van der Waals surface area contributed by atoms with E-state index in [4.69, 9.17) is 0 Å². The maximum atomic E-state index is 12.1. The first-order valence-corrected chi connectivity index (χ1v) is 9.65. The predicted molar refractivity (Wildman–Crippen MR) is 117 cm³/mol. The van der Waals surface area contributed by atoms with Crippen LogP contribution in [-0.4, -0.2) is 0 Å². The van der Waals surface area contributed by atoms with E-state index in [1.807, 2.05) is 60.7 Å². The zero-order valence-corrected chi connectivity index (χ0v) is 15.5. The first-order valence-electron chi connectivity index (χ1n) is 8.84. The highest BCUT2D eigenvalue weighted by atomic mass is 32.1. The Morgan fingerprint density at radius 3 is 1.26 bits per heavy atom. The lowest BCUT2D eigenvalue weighted by Crippen LogP contribution is -1.99. The predicted octanol–water partition coefficient (Wildman–Crippen LogP) is 6.77. The summed E-state index contributed by atoms with van der Waals surface area (Å²) < 4.78 is 2.11. The molecular weight excluding hydrogens is 348 g/mol. The molecule has 0 aliphatic rings. The topological polar surface area (TPSA) is 17.1 Å². The van der Waals surface area contributed by atoms with Gasteiger partial charge < -0.3 is 0 Å². The molecular formula is C25H18OS. The van der Waals surface area contributed by atoms with Gasteiger partial charge in [-0.05, 0) is 35.4 Å². The van der Waals surface area contributed by atoms with Crippen LogP contribution in [0.4, 0.5) is 0 Å². The molecule has 0 amide bonds. The molecule has 5 aromatic rings. The Labute approximate surface area is 162 Å². The van der Waals surface area contributed by atoms with Gasteiger partial charge >= 0.3 is 0 Å². The van der Waals surface area contributed by atoms with Crippen molar-refractivity contribution in [2.75, 3.05) is 0 Å². The van der Waals surface area contributed by atoms with E-state index in [1.54, 1.807) is 11.3 Å². The van der Waals surface area contributed by atoms with Crippen LogP contribution in [-0.2, 0) is 0 Å². The quantitative estimate of drug-likeness (QED) is 0.299. The summed E-state index contributed by atoms with van der Waals surface area (Å²) in [5.74, 6) is 0. The molecule has 27 heavy (non-hydrogen) atoms. The molecule has 0 N–H and O–H groups in total. The maximum Gasteiger partial charge on any atom is 0.195 e. The zero-order valence-electron chi connectivity index (χ0n) is 14.7. The fraction of sp³-hybridized carbons (Fsp3) is 0. The summed E-state index contributed by atoms with van der Waals surface area (Å²) in [7, 11) is 0. The highest BCUT2D eigenvalue weighted by Gasteiger charge is 2.03. The van der Waals surface area contributed by atoms with E-state index in [0.717, 1.165) is 20.2 Å². The largest absolute Gasteiger partial charge is 0.289 e. The molecule has 0 saturated heterocycles. The van der Waals surface area contributed by atoms with Gasteiger partial charge in [-0.15, -0.1) is 11.3 Å². The molecule has 4 aromatic carbocycles. The molecule has 5 rings (SSSR count). The molecule has 0 atom stereocenters. The first-order chi connectivity index (χ1) is 13.3. The van der Waals surface area contributed by atoms with Crippen molar-refractivity contribution in [3.8, 4) is 11.1 Å². The van der Waals surface area contributed by atoms with Gasteiger partial charge in [0.1, 0.15) is 0 Å². The average molecular weight is 366 g/mol. The monoisotopic (exact) mass is 366 g/mol. The van der Waals surface area contributed by atoms with Crippen molar-refractivity contribution in [3.05, 3.63) is 119 Å². The van der Waals surface area contributed by atoms with Gasteiger partial charge in [-0.1, -0.05) is 84.9 Å². The van der Waals surface area contributed by atoms with Crippen molar-refractivity contribution in [3.63, 3.8) is 0 Å². The Balaban J connectivity index is 0.000000137. The van der Waals surface area contributed by atoms with Gasteiger partial charge in [0, 0.05) is 20.2 Å². The highest BCUT2D eigenvalue weighted by molar-refractivity contribution is 7.24. The van der Waals surface area contributed by atoms with E-state index >= 15 is 0 Å². The highest BCUT2D eigenvalue weighted by Crippen LogP contribution is 2.23. The Bertz CT molecular complexity index is 1130. The molecule has 0 fully saturated rings. The summed E-state index contributed by atoms with van der Waals surface area (Å²) >= 11 is 1.67. The summed E-state index contributed by atoms with van der Waals surface area (Å²) in [6.07, 6.45) is 0. The molecule has 2 heteroatoms. The fourth-order valence-corrected chi connectivity index (χ4v) is 4.08. The summed E-state index contributed by atoms with van der Waals surface area (Å²) in [5.41, 5.74) is 2.69. The molecule has 130 valence electrons. The van der Waals surface area contributed by atoms with E-state index in [2.05, 4.69) is 48.5 Å². The minimum atomic E-state index is 0.139. The molecule has 0 radical (unpaired) electrons. The van der Waals surface area contributed by atoms with E-state index in [9.17, 15) is 4.79 Å². The third-order valence-corrected chi connectivity index (χ3v) is 5.52. The Morgan fingerprint density at radius 1 is 0.444 bits per heavy atom.